The third-order valence-electron chi connectivity index (χ3n) is 4.45. The van der Waals surface area contributed by atoms with E-state index in [2.05, 4.69) is 31.2 Å². The Morgan fingerprint density at radius 1 is 1.22 bits per heavy atom. The van der Waals surface area contributed by atoms with E-state index in [9.17, 15) is 9.90 Å². The van der Waals surface area contributed by atoms with Gasteiger partial charge in [-0.05, 0) is 56.8 Å². The molecule has 3 unspecified atom stereocenters. The van der Waals surface area contributed by atoms with Gasteiger partial charge in [0.25, 0.3) is 0 Å². The molecular weight excluding hydrogens is 288 g/mol. The van der Waals surface area contributed by atoms with E-state index in [-0.39, 0.29) is 12.5 Å². The van der Waals surface area contributed by atoms with Gasteiger partial charge >= 0.3 is 5.97 Å². The molecule has 23 heavy (non-hydrogen) atoms. The van der Waals surface area contributed by atoms with E-state index in [0.29, 0.717) is 18.3 Å². The third-order valence-corrected chi connectivity index (χ3v) is 4.45. The number of carboxylic acid groups (broad SMARTS) is 1. The largest absolute Gasteiger partial charge is 0.481 e. The molecule has 0 radical (unpaired) electrons. The topological polar surface area (TPSA) is 57.5 Å². The fraction of sp³-hybridized carbons (Fsp3) is 0.650. The summed E-state index contributed by atoms with van der Waals surface area (Å²) < 4.78 is 0. The van der Waals surface area contributed by atoms with Gasteiger partial charge in [0.15, 0.2) is 0 Å². The first-order valence-electron chi connectivity index (χ1n) is 9.01. The Bertz CT molecular complexity index is 409. The van der Waals surface area contributed by atoms with Crippen LogP contribution in [0.5, 0.6) is 0 Å². The maximum atomic E-state index is 10.4. The summed E-state index contributed by atoms with van der Waals surface area (Å²) in [5, 5.41) is 18.5. The average molecular weight is 320 g/mol. The number of hydrogen-bond donors (Lipinski definition) is 2. The molecule has 0 aliphatic heterocycles. The second kappa shape index (κ2) is 12.1. The van der Waals surface area contributed by atoms with Gasteiger partial charge in [0, 0.05) is 6.42 Å². The van der Waals surface area contributed by atoms with Gasteiger partial charge in [-0.2, -0.15) is 0 Å². The molecule has 0 aromatic heterocycles. The second-order valence-electron chi connectivity index (χ2n) is 6.42. The smallest absolute Gasteiger partial charge is 0.303 e. The Kier molecular flexibility index (Phi) is 10.4. The van der Waals surface area contributed by atoms with Gasteiger partial charge in [-0.3, -0.25) is 4.79 Å². The molecule has 0 heterocycles. The monoisotopic (exact) mass is 320 g/mol. The van der Waals surface area contributed by atoms with E-state index in [1.54, 1.807) is 0 Å². The molecule has 1 aliphatic carbocycles. The van der Waals surface area contributed by atoms with E-state index in [1.165, 1.54) is 19.3 Å². The van der Waals surface area contributed by atoms with E-state index in [4.69, 9.17) is 5.11 Å². The van der Waals surface area contributed by atoms with Gasteiger partial charge in [0.2, 0.25) is 0 Å². The van der Waals surface area contributed by atoms with Crippen LogP contribution in [0.4, 0.5) is 0 Å². The van der Waals surface area contributed by atoms with Crippen molar-refractivity contribution in [3.8, 4) is 0 Å². The minimum Gasteiger partial charge on any atom is -0.481 e. The van der Waals surface area contributed by atoms with Crippen molar-refractivity contribution >= 4 is 5.97 Å². The van der Waals surface area contributed by atoms with Crippen LogP contribution >= 0.6 is 0 Å². The van der Waals surface area contributed by atoms with Crippen LogP contribution < -0.4 is 0 Å². The molecule has 2 N–H and O–H groups in total. The molecule has 3 nitrogen and oxygen atoms in total. The summed E-state index contributed by atoms with van der Waals surface area (Å²) in [6.45, 7) is 2.09. The van der Waals surface area contributed by atoms with Crippen molar-refractivity contribution in [1.29, 1.82) is 0 Å². The van der Waals surface area contributed by atoms with Gasteiger partial charge in [0.1, 0.15) is 0 Å². The summed E-state index contributed by atoms with van der Waals surface area (Å²) in [5.74, 6) is 0.524. The van der Waals surface area contributed by atoms with Crippen molar-refractivity contribution in [2.45, 2.75) is 70.8 Å². The fourth-order valence-corrected chi connectivity index (χ4v) is 3.12. The van der Waals surface area contributed by atoms with Crippen molar-refractivity contribution in [3.05, 3.63) is 36.5 Å². The Balaban J connectivity index is 2.28. The highest BCUT2D eigenvalue weighted by atomic mass is 16.4. The molecule has 1 saturated carbocycles. The highest BCUT2D eigenvalue weighted by Gasteiger charge is 2.23. The number of aliphatic hydroxyl groups is 1. The van der Waals surface area contributed by atoms with Crippen molar-refractivity contribution in [1.82, 2.24) is 0 Å². The molecule has 1 rings (SSSR count). The molecule has 0 amide bonds. The summed E-state index contributed by atoms with van der Waals surface area (Å²) in [7, 11) is 0. The normalized spacial score (nSPS) is 23.4. The zero-order chi connectivity index (χ0) is 16.9. The van der Waals surface area contributed by atoms with Crippen molar-refractivity contribution in [2.24, 2.45) is 11.8 Å². The second-order valence-corrected chi connectivity index (χ2v) is 6.42. The quantitative estimate of drug-likeness (QED) is 0.421. The lowest BCUT2D eigenvalue weighted by molar-refractivity contribution is -0.137. The van der Waals surface area contributed by atoms with Gasteiger partial charge < -0.3 is 10.2 Å². The predicted octanol–water partition coefficient (Wildman–Crippen LogP) is 4.88. The number of rotatable bonds is 11. The first-order valence-corrected chi connectivity index (χ1v) is 9.01. The Morgan fingerprint density at radius 2 is 2.04 bits per heavy atom. The number of aliphatic hydroxyl groups excluding tert-OH is 1. The Morgan fingerprint density at radius 3 is 2.78 bits per heavy atom. The van der Waals surface area contributed by atoms with E-state index in [1.807, 2.05) is 12.2 Å². The molecule has 1 aliphatic rings. The summed E-state index contributed by atoms with van der Waals surface area (Å²) in [6, 6.07) is 0. The van der Waals surface area contributed by atoms with Crippen LogP contribution in [0.15, 0.2) is 36.5 Å². The number of hydrogen-bond acceptors (Lipinski definition) is 2. The van der Waals surface area contributed by atoms with Gasteiger partial charge in [-0.25, -0.2) is 0 Å². The van der Waals surface area contributed by atoms with Crippen molar-refractivity contribution < 1.29 is 15.0 Å². The summed E-state index contributed by atoms with van der Waals surface area (Å²) in [6.07, 6.45) is 20.6. The van der Waals surface area contributed by atoms with Gasteiger partial charge in [-0.15, -0.1) is 0 Å². The number of carboxylic acids is 1. The first kappa shape index (κ1) is 19.7. The minimum atomic E-state index is -0.716. The standard InChI is InChI=1S/C20H32O3/c1-2-3-6-13-19(21)16-15-18-12-9-11-17(18)10-7-4-5-8-14-20(22)23/h3-4,6-7,15-19,21H,2,5,8-14H2,1H3,(H,22,23)/b6-3+,7-4+,16-15+. The molecule has 1 fully saturated rings. The lowest BCUT2D eigenvalue weighted by Gasteiger charge is -2.14. The van der Waals surface area contributed by atoms with Crippen LogP contribution in [0.1, 0.15) is 64.7 Å². The SMILES string of the molecule is CC/C=C/CC(O)/C=C/C1CCCC1C/C=C/CCCC(=O)O. The summed E-state index contributed by atoms with van der Waals surface area (Å²) in [4.78, 5) is 10.4. The summed E-state index contributed by atoms with van der Waals surface area (Å²) in [5.41, 5.74) is 0. The van der Waals surface area contributed by atoms with E-state index < -0.39 is 5.97 Å². The molecule has 0 saturated heterocycles. The molecule has 0 aromatic rings. The van der Waals surface area contributed by atoms with Crippen LogP contribution in [0, 0.1) is 11.8 Å². The lowest BCUT2D eigenvalue weighted by Crippen LogP contribution is -2.06. The molecule has 130 valence electrons. The van der Waals surface area contributed by atoms with Gasteiger partial charge in [0.05, 0.1) is 6.10 Å². The maximum Gasteiger partial charge on any atom is 0.303 e. The minimum absolute atomic E-state index is 0.253. The molecular formula is C20H32O3. The van der Waals surface area contributed by atoms with Crippen LogP contribution in [0.2, 0.25) is 0 Å². The molecule has 3 atom stereocenters. The van der Waals surface area contributed by atoms with Crippen molar-refractivity contribution in [3.63, 3.8) is 0 Å². The Labute approximate surface area is 140 Å². The number of aliphatic carboxylic acids is 1. The number of carbonyl (C=O) groups is 1. The van der Waals surface area contributed by atoms with Crippen LogP contribution in [0.3, 0.4) is 0 Å². The molecule has 3 heteroatoms. The maximum absolute atomic E-state index is 10.4. The van der Waals surface area contributed by atoms with Crippen LogP contribution in [-0.2, 0) is 4.79 Å². The molecule has 0 bridgehead atoms. The highest BCUT2D eigenvalue weighted by Crippen LogP contribution is 2.35. The Hall–Kier alpha value is -1.35. The van der Waals surface area contributed by atoms with Gasteiger partial charge in [-0.1, -0.05) is 49.8 Å². The third kappa shape index (κ3) is 9.39. The van der Waals surface area contributed by atoms with E-state index in [0.717, 1.165) is 25.7 Å². The zero-order valence-corrected chi connectivity index (χ0v) is 14.4. The number of allylic oxidation sites excluding steroid dienone is 4. The zero-order valence-electron chi connectivity index (χ0n) is 14.4. The van der Waals surface area contributed by atoms with E-state index >= 15 is 0 Å². The predicted molar refractivity (Wildman–Crippen MR) is 95.3 cm³/mol. The molecule has 0 aromatic carbocycles. The van der Waals surface area contributed by atoms with Crippen LogP contribution in [0.25, 0.3) is 0 Å². The first-order chi connectivity index (χ1) is 11.1. The number of unbranched alkanes of at least 4 members (excludes halogenated alkanes) is 1. The lowest BCUT2D eigenvalue weighted by atomic mass is 9.91. The van der Waals surface area contributed by atoms with Crippen LogP contribution in [-0.4, -0.2) is 22.3 Å². The highest BCUT2D eigenvalue weighted by molar-refractivity contribution is 5.66. The average Bonchev–Trinajstić information content (AvgIpc) is 2.96. The fourth-order valence-electron chi connectivity index (χ4n) is 3.12. The van der Waals surface area contributed by atoms with Crippen molar-refractivity contribution in [2.75, 3.05) is 0 Å². The molecule has 0 spiro atoms. The summed E-state index contributed by atoms with van der Waals surface area (Å²) >= 11 is 0.